The second-order valence-corrected chi connectivity index (χ2v) is 5.90. The topological polar surface area (TPSA) is 63.2 Å². The zero-order valence-electron chi connectivity index (χ0n) is 10.7. The third-order valence-corrected chi connectivity index (χ3v) is 4.17. The largest absolute Gasteiger partial charge is 0.318 e. The maximum Gasteiger partial charge on any atom is 0.296 e. The SMILES string of the molecule is CS(=O)c1ccc(-c2ccc3c(c2)C(=O)C(=O)N3)cc1. The third-order valence-electron chi connectivity index (χ3n) is 3.24. The number of hydrogen-bond acceptors (Lipinski definition) is 3. The number of amides is 1. The van der Waals surface area contributed by atoms with Crippen molar-refractivity contribution in [3.8, 4) is 11.1 Å². The fourth-order valence-electron chi connectivity index (χ4n) is 2.16. The van der Waals surface area contributed by atoms with Crippen LogP contribution in [0.3, 0.4) is 0 Å². The van der Waals surface area contributed by atoms with Crippen LogP contribution in [0.2, 0.25) is 0 Å². The lowest BCUT2D eigenvalue weighted by Crippen LogP contribution is -2.12. The quantitative estimate of drug-likeness (QED) is 0.861. The minimum absolute atomic E-state index is 0.399. The van der Waals surface area contributed by atoms with Crippen LogP contribution in [0.1, 0.15) is 10.4 Å². The van der Waals surface area contributed by atoms with Gasteiger partial charge < -0.3 is 5.32 Å². The monoisotopic (exact) mass is 285 g/mol. The molecule has 1 N–H and O–H groups in total. The molecule has 0 spiro atoms. The number of fused-ring (bicyclic) bond motifs is 1. The van der Waals surface area contributed by atoms with Crippen LogP contribution < -0.4 is 5.32 Å². The van der Waals surface area contributed by atoms with Crippen molar-refractivity contribution in [3.05, 3.63) is 48.0 Å². The Kier molecular flexibility index (Phi) is 2.99. The lowest BCUT2D eigenvalue weighted by atomic mass is 10.0. The molecule has 2 aromatic rings. The normalized spacial score (nSPS) is 14.8. The Morgan fingerprint density at radius 2 is 1.60 bits per heavy atom. The standard InChI is InChI=1S/C15H11NO3S/c1-20(19)11-5-2-9(3-6-11)10-4-7-13-12(8-10)14(17)15(18)16-13/h2-8H,1H3,(H,16,17,18). The van der Waals surface area contributed by atoms with Crippen LogP contribution in [-0.4, -0.2) is 22.2 Å². The van der Waals surface area contributed by atoms with Crippen LogP contribution in [0.25, 0.3) is 11.1 Å². The molecular weight excluding hydrogens is 274 g/mol. The van der Waals surface area contributed by atoms with Crippen molar-refractivity contribution >= 4 is 28.2 Å². The molecule has 1 aliphatic heterocycles. The van der Waals surface area contributed by atoms with Gasteiger partial charge in [0.1, 0.15) is 0 Å². The summed E-state index contributed by atoms with van der Waals surface area (Å²) in [4.78, 5) is 23.7. The molecule has 100 valence electrons. The van der Waals surface area contributed by atoms with E-state index in [1.165, 1.54) is 0 Å². The Balaban J connectivity index is 2.02. The lowest BCUT2D eigenvalue weighted by Gasteiger charge is -2.05. The van der Waals surface area contributed by atoms with E-state index in [2.05, 4.69) is 5.32 Å². The molecule has 20 heavy (non-hydrogen) atoms. The highest BCUT2D eigenvalue weighted by Gasteiger charge is 2.27. The average Bonchev–Trinajstić information content (AvgIpc) is 2.74. The number of nitrogens with one attached hydrogen (secondary N) is 1. The smallest absolute Gasteiger partial charge is 0.296 e. The van der Waals surface area contributed by atoms with E-state index in [1.807, 2.05) is 18.2 Å². The van der Waals surface area contributed by atoms with Crippen LogP contribution in [0.4, 0.5) is 5.69 Å². The van der Waals surface area contributed by atoms with Gasteiger partial charge in [-0.1, -0.05) is 18.2 Å². The highest BCUT2D eigenvalue weighted by atomic mass is 32.2. The number of hydrogen-bond donors (Lipinski definition) is 1. The summed E-state index contributed by atoms with van der Waals surface area (Å²) in [5.74, 6) is -1.10. The van der Waals surface area contributed by atoms with E-state index in [-0.39, 0.29) is 0 Å². The maximum atomic E-state index is 11.7. The van der Waals surface area contributed by atoms with Gasteiger partial charge in [0.15, 0.2) is 0 Å². The predicted molar refractivity (Wildman–Crippen MR) is 77.2 cm³/mol. The van der Waals surface area contributed by atoms with E-state index in [1.54, 1.807) is 30.5 Å². The maximum absolute atomic E-state index is 11.7. The van der Waals surface area contributed by atoms with E-state index in [0.29, 0.717) is 11.3 Å². The van der Waals surface area contributed by atoms with Crippen molar-refractivity contribution in [3.63, 3.8) is 0 Å². The van der Waals surface area contributed by atoms with Crippen molar-refractivity contribution in [1.29, 1.82) is 0 Å². The summed E-state index contributed by atoms with van der Waals surface area (Å²) < 4.78 is 11.3. The van der Waals surface area contributed by atoms with Crippen molar-refractivity contribution in [1.82, 2.24) is 0 Å². The van der Waals surface area contributed by atoms with Crippen LogP contribution in [0.5, 0.6) is 0 Å². The molecule has 0 aromatic heterocycles. The zero-order valence-corrected chi connectivity index (χ0v) is 11.5. The number of ketones is 1. The minimum atomic E-state index is -1.01. The molecule has 0 bridgehead atoms. The van der Waals surface area contributed by atoms with Gasteiger partial charge in [0.05, 0.1) is 11.3 Å². The summed E-state index contributed by atoms with van der Waals surface area (Å²) in [6.07, 6.45) is 1.63. The molecule has 1 atom stereocenters. The molecule has 1 heterocycles. The fourth-order valence-corrected chi connectivity index (χ4v) is 2.68. The Morgan fingerprint density at radius 3 is 2.25 bits per heavy atom. The average molecular weight is 285 g/mol. The summed E-state index contributed by atoms with van der Waals surface area (Å²) in [5, 5.41) is 2.52. The first-order valence-electron chi connectivity index (χ1n) is 6.00. The van der Waals surface area contributed by atoms with Crippen molar-refractivity contribution in [2.75, 3.05) is 11.6 Å². The molecule has 4 nitrogen and oxygen atoms in total. The number of benzene rings is 2. The van der Waals surface area contributed by atoms with Crippen LogP contribution in [0.15, 0.2) is 47.4 Å². The summed E-state index contributed by atoms with van der Waals surface area (Å²) in [7, 11) is -1.01. The minimum Gasteiger partial charge on any atom is -0.318 e. The van der Waals surface area contributed by atoms with Gasteiger partial charge in [-0.25, -0.2) is 0 Å². The van der Waals surface area contributed by atoms with Gasteiger partial charge in [0, 0.05) is 22.0 Å². The Hall–Kier alpha value is -2.27. The number of carbonyl (C=O) groups excluding carboxylic acids is 2. The first-order valence-corrected chi connectivity index (χ1v) is 7.55. The molecule has 0 saturated heterocycles. The Bertz CT molecular complexity index is 750. The van der Waals surface area contributed by atoms with E-state index >= 15 is 0 Å². The molecule has 0 aliphatic carbocycles. The summed E-state index contributed by atoms with van der Waals surface area (Å²) >= 11 is 0. The highest BCUT2D eigenvalue weighted by Crippen LogP contribution is 2.29. The van der Waals surface area contributed by atoms with Gasteiger partial charge in [-0.2, -0.15) is 0 Å². The van der Waals surface area contributed by atoms with Crippen molar-refractivity contribution < 1.29 is 13.8 Å². The summed E-state index contributed by atoms with van der Waals surface area (Å²) in [6, 6.07) is 12.6. The van der Waals surface area contributed by atoms with Gasteiger partial charge in [-0.15, -0.1) is 0 Å². The van der Waals surface area contributed by atoms with Gasteiger partial charge in [0.25, 0.3) is 11.7 Å². The van der Waals surface area contributed by atoms with Gasteiger partial charge in [-0.3, -0.25) is 13.8 Å². The van der Waals surface area contributed by atoms with Gasteiger partial charge in [0.2, 0.25) is 0 Å². The van der Waals surface area contributed by atoms with E-state index in [0.717, 1.165) is 16.0 Å². The second-order valence-electron chi connectivity index (χ2n) is 4.52. The van der Waals surface area contributed by atoms with Crippen LogP contribution in [0, 0.1) is 0 Å². The highest BCUT2D eigenvalue weighted by molar-refractivity contribution is 7.84. The molecular formula is C15H11NO3S. The predicted octanol–water partition coefficient (Wildman–Crippen LogP) is 2.23. The van der Waals surface area contributed by atoms with Gasteiger partial charge in [-0.05, 0) is 35.4 Å². The zero-order chi connectivity index (χ0) is 14.3. The molecule has 0 radical (unpaired) electrons. The Morgan fingerprint density at radius 1 is 0.950 bits per heavy atom. The lowest BCUT2D eigenvalue weighted by molar-refractivity contribution is -0.112. The van der Waals surface area contributed by atoms with E-state index < -0.39 is 22.5 Å². The number of rotatable bonds is 2. The molecule has 1 aliphatic rings. The first kappa shape index (κ1) is 12.7. The van der Waals surface area contributed by atoms with Crippen LogP contribution in [-0.2, 0) is 15.6 Å². The molecule has 0 fully saturated rings. The third kappa shape index (κ3) is 2.06. The van der Waals surface area contributed by atoms with E-state index in [4.69, 9.17) is 0 Å². The molecule has 2 aromatic carbocycles. The number of anilines is 1. The van der Waals surface area contributed by atoms with E-state index in [9.17, 15) is 13.8 Å². The molecule has 1 unspecified atom stereocenters. The molecule has 3 rings (SSSR count). The van der Waals surface area contributed by atoms with Crippen molar-refractivity contribution in [2.24, 2.45) is 0 Å². The molecule has 1 amide bonds. The summed E-state index contributed by atoms with van der Waals surface area (Å²) in [6.45, 7) is 0. The number of Topliss-reactive ketones (excluding diaryl/α,β-unsaturated/α-hetero) is 1. The van der Waals surface area contributed by atoms with Crippen molar-refractivity contribution in [2.45, 2.75) is 4.90 Å². The van der Waals surface area contributed by atoms with Crippen LogP contribution >= 0.6 is 0 Å². The summed E-state index contributed by atoms with van der Waals surface area (Å²) in [5.41, 5.74) is 2.71. The molecule has 5 heteroatoms. The molecule has 0 saturated carbocycles. The Labute approximate surface area is 118 Å². The second kappa shape index (κ2) is 4.68. The fraction of sp³-hybridized carbons (Fsp3) is 0.0667. The first-order chi connectivity index (χ1) is 9.56. The van der Waals surface area contributed by atoms with Gasteiger partial charge >= 0.3 is 0 Å². The number of carbonyl (C=O) groups is 2.